The van der Waals surface area contributed by atoms with E-state index in [1.165, 1.54) is 31.2 Å². The van der Waals surface area contributed by atoms with E-state index in [9.17, 15) is 0 Å². The van der Waals surface area contributed by atoms with Crippen molar-refractivity contribution in [3.8, 4) is 0 Å². The maximum absolute atomic E-state index is 4.24. The fraction of sp³-hybridized carbons (Fsp3) is 0.533. The first-order valence-electron chi connectivity index (χ1n) is 6.48. The molecule has 0 aliphatic heterocycles. The van der Waals surface area contributed by atoms with Crippen molar-refractivity contribution in [2.75, 3.05) is 7.05 Å². The summed E-state index contributed by atoms with van der Waals surface area (Å²) in [6.07, 6.45) is 10.0. The first kappa shape index (κ1) is 13.9. The van der Waals surface area contributed by atoms with E-state index in [1.54, 1.807) is 0 Å². The minimum Gasteiger partial charge on any atom is -0.313 e. The monoisotopic (exact) mass is 232 g/mol. The number of unbranched alkanes of at least 4 members (excludes halogenated alkanes) is 3. The molecule has 0 fully saturated rings. The highest BCUT2D eigenvalue weighted by molar-refractivity contribution is 5.19. The standard InChI is InChI=1S/C15H24N2/c1-4-5-6-7-8-9-15(16-3)14-10-11-17-13(2)12-14/h4,10-12,15-16H,1,5-9H2,2-3H3. The molecular formula is C15H24N2. The molecule has 0 aliphatic rings. The van der Waals surface area contributed by atoms with Crippen LogP contribution in [0.15, 0.2) is 31.0 Å². The molecule has 0 spiro atoms. The summed E-state index contributed by atoms with van der Waals surface area (Å²) in [5, 5.41) is 3.39. The van der Waals surface area contributed by atoms with Gasteiger partial charge in [-0.05, 0) is 50.9 Å². The first-order chi connectivity index (χ1) is 8.27. The molecule has 1 atom stereocenters. The number of aromatic nitrogens is 1. The molecule has 1 heterocycles. The van der Waals surface area contributed by atoms with Gasteiger partial charge in [-0.3, -0.25) is 4.98 Å². The van der Waals surface area contributed by atoms with E-state index in [2.05, 4.69) is 29.0 Å². The number of pyridine rings is 1. The predicted octanol–water partition coefficient (Wildman–Crippen LogP) is 3.79. The van der Waals surface area contributed by atoms with E-state index >= 15 is 0 Å². The van der Waals surface area contributed by atoms with Gasteiger partial charge in [0.25, 0.3) is 0 Å². The Hall–Kier alpha value is -1.15. The molecule has 1 rings (SSSR count). The van der Waals surface area contributed by atoms with Gasteiger partial charge in [0.1, 0.15) is 0 Å². The average Bonchev–Trinajstić information content (AvgIpc) is 2.34. The van der Waals surface area contributed by atoms with Crippen LogP contribution < -0.4 is 5.32 Å². The highest BCUT2D eigenvalue weighted by Gasteiger charge is 2.08. The molecule has 94 valence electrons. The zero-order valence-corrected chi connectivity index (χ0v) is 11.1. The fourth-order valence-corrected chi connectivity index (χ4v) is 2.08. The minimum atomic E-state index is 0.459. The summed E-state index contributed by atoms with van der Waals surface area (Å²) in [6.45, 7) is 5.79. The number of hydrogen-bond acceptors (Lipinski definition) is 2. The SMILES string of the molecule is C=CCCCCCC(NC)c1ccnc(C)c1. The van der Waals surface area contributed by atoms with Crippen molar-refractivity contribution < 1.29 is 0 Å². The summed E-state index contributed by atoms with van der Waals surface area (Å²) >= 11 is 0. The van der Waals surface area contributed by atoms with Crippen molar-refractivity contribution in [3.05, 3.63) is 42.2 Å². The quantitative estimate of drug-likeness (QED) is 0.545. The van der Waals surface area contributed by atoms with Gasteiger partial charge in [0, 0.05) is 17.9 Å². The van der Waals surface area contributed by atoms with Gasteiger partial charge in [-0.1, -0.05) is 18.9 Å². The van der Waals surface area contributed by atoms with Crippen LogP contribution in [0.2, 0.25) is 0 Å². The molecular weight excluding hydrogens is 208 g/mol. The second-order valence-electron chi connectivity index (χ2n) is 4.50. The second-order valence-corrected chi connectivity index (χ2v) is 4.50. The Kier molecular flexibility index (Phi) is 6.56. The zero-order chi connectivity index (χ0) is 12.5. The van der Waals surface area contributed by atoms with Crippen LogP contribution in [0.4, 0.5) is 0 Å². The number of nitrogens with zero attached hydrogens (tertiary/aromatic N) is 1. The van der Waals surface area contributed by atoms with Crippen LogP contribution in [-0.2, 0) is 0 Å². The molecule has 0 aliphatic carbocycles. The van der Waals surface area contributed by atoms with Gasteiger partial charge in [0.2, 0.25) is 0 Å². The molecule has 0 amide bonds. The van der Waals surface area contributed by atoms with E-state index in [1.807, 2.05) is 26.2 Å². The highest BCUT2D eigenvalue weighted by atomic mass is 14.9. The molecule has 0 aromatic carbocycles. The topological polar surface area (TPSA) is 24.9 Å². The summed E-state index contributed by atoms with van der Waals surface area (Å²) in [6, 6.07) is 4.74. The van der Waals surface area contributed by atoms with Crippen LogP contribution in [0.5, 0.6) is 0 Å². The molecule has 2 nitrogen and oxygen atoms in total. The number of allylic oxidation sites excluding steroid dienone is 1. The molecule has 1 aromatic rings. The molecule has 0 bridgehead atoms. The maximum atomic E-state index is 4.24. The summed E-state index contributed by atoms with van der Waals surface area (Å²) in [4.78, 5) is 4.24. The van der Waals surface area contributed by atoms with Crippen LogP contribution in [0.1, 0.15) is 49.4 Å². The molecule has 2 heteroatoms. The third-order valence-electron chi connectivity index (χ3n) is 3.07. The van der Waals surface area contributed by atoms with Gasteiger partial charge in [-0.15, -0.1) is 6.58 Å². The van der Waals surface area contributed by atoms with Crippen molar-refractivity contribution in [1.29, 1.82) is 0 Å². The summed E-state index contributed by atoms with van der Waals surface area (Å²) in [7, 11) is 2.03. The predicted molar refractivity (Wildman–Crippen MR) is 74.1 cm³/mol. The van der Waals surface area contributed by atoms with Crippen molar-refractivity contribution in [1.82, 2.24) is 10.3 Å². The van der Waals surface area contributed by atoms with E-state index in [0.29, 0.717) is 6.04 Å². The van der Waals surface area contributed by atoms with E-state index in [-0.39, 0.29) is 0 Å². The Balaban J connectivity index is 2.40. The Morgan fingerprint density at radius 2 is 2.24 bits per heavy atom. The van der Waals surface area contributed by atoms with Crippen molar-refractivity contribution in [2.45, 2.75) is 45.1 Å². The number of aryl methyl sites for hydroxylation is 1. The van der Waals surface area contributed by atoms with E-state index in [0.717, 1.165) is 12.1 Å². The van der Waals surface area contributed by atoms with Crippen molar-refractivity contribution in [3.63, 3.8) is 0 Å². The summed E-state index contributed by atoms with van der Waals surface area (Å²) in [5.41, 5.74) is 2.44. The Morgan fingerprint density at radius 1 is 1.41 bits per heavy atom. The molecule has 17 heavy (non-hydrogen) atoms. The lowest BCUT2D eigenvalue weighted by molar-refractivity contribution is 0.507. The summed E-state index contributed by atoms with van der Waals surface area (Å²) < 4.78 is 0. The highest BCUT2D eigenvalue weighted by Crippen LogP contribution is 2.19. The molecule has 0 saturated carbocycles. The van der Waals surface area contributed by atoms with Gasteiger partial charge in [-0.2, -0.15) is 0 Å². The van der Waals surface area contributed by atoms with Crippen LogP contribution in [0, 0.1) is 6.92 Å². The number of nitrogens with one attached hydrogen (secondary N) is 1. The Morgan fingerprint density at radius 3 is 2.88 bits per heavy atom. The zero-order valence-electron chi connectivity index (χ0n) is 11.1. The lowest BCUT2D eigenvalue weighted by Gasteiger charge is -2.16. The Labute approximate surface area is 105 Å². The molecule has 1 unspecified atom stereocenters. The van der Waals surface area contributed by atoms with Crippen LogP contribution in [-0.4, -0.2) is 12.0 Å². The normalized spacial score (nSPS) is 12.4. The van der Waals surface area contributed by atoms with Gasteiger partial charge in [-0.25, -0.2) is 0 Å². The first-order valence-corrected chi connectivity index (χ1v) is 6.48. The van der Waals surface area contributed by atoms with Crippen molar-refractivity contribution >= 4 is 0 Å². The van der Waals surface area contributed by atoms with Gasteiger partial charge in [0.15, 0.2) is 0 Å². The third-order valence-corrected chi connectivity index (χ3v) is 3.07. The number of rotatable bonds is 8. The van der Waals surface area contributed by atoms with Gasteiger partial charge < -0.3 is 5.32 Å². The molecule has 1 aromatic heterocycles. The van der Waals surface area contributed by atoms with Crippen LogP contribution >= 0.6 is 0 Å². The van der Waals surface area contributed by atoms with Crippen LogP contribution in [0.25, 0.3) is 0 Å². The third kappa shape index (κ3) is 5.14. The lowest BCUT2D eigenvalue weighted by atomic mass is 10.0. The van der Waals surface area contributed by atoms with Crippen LogP contribution in [0.3, 0.4) is 0 Å². The smallest absolute Gasteiger partial charge is 0.0375 e. The van der Waals surface area contributed by atoms with E-state index < -0.39 is 0 Å². The Bertz CT molecular complexity index is 333. The number of hydrogen-bond donors (Lipinski definition) is 1. The average molecular weight is 232 g/mol. The van der Waals surface area contributed by atoms with Crippen molar-refractivity contribution in [2.24, 2.45) is 0 Å². The maximum Gasteiger partial charge on any atom is 0.0375 e. The largest absolute Gasteiger partial charge is 0.313 e. The lowest BCUT2D eigenvalue weighted by Crippen LogP contribution is -2.16. The fourth-order valence-electron chi connectivity index (χ4n) is 2.08. The summed E-state index contributed by atoms with van der Waals surface area (Å²) in [5.74, 6) is 0. The molecule has 1 N–H and O–H groups in total. The van der Waals surface area contributed by atoms with Gasteiger partial charge >= 0.3 is 0 Å². The molecule has 0 saturated heterocycles. The molecule has 0 radical (unpaired) electrons. The van der Waals surface area contributed by atoms with Gasteiger partial charge in [0.05, 0.1) is 0 Å². The second kappa shape index (κ2) is 8.02. The minimum absolute atomic E-state index is 0.459. The van der Waals surface area contributed by atoms with E-state index in [4.69, 9.17) is 0 Å².